The first-order valence-electron chi connectivity index (χ1n) is 20.8. The predicted molar refractivity (Wildman–Crippen MR) is 225 cm³/mol. The minimum Gasteiger partial charge on any atom is -0.390 e. The second-order valence-corrected chi connectivity index (χ2v) is 16.5. The Labute approximate surface area is 340 Å². The Kier molecular flexibility index (Phi) is 10.5. The summed E-state index contributed by atoms with van der Waals surface area (Å²) in [6.07, 6.45) is 9.10. The highest BCUT2D eigenvalue weighted by atomic mass is 16.3. The first-order valence-corrected chi connectivity index (χ1v) is 20.8. The monoisotopic (exact) mass is 773 g/mol. The maximum absolute atomic E-state index is 14.4. The lowest BCUT2D eigenvalue weighted by atomic mass is 9.91. The van der Waals surface area contributed by atoms with Gasteiger partial charge in [0.25, 0.3) is 0 Å². The second kappa shape index (κ2) is 16.2. The zero-order valence-electron chi connectivity index (χ0n) is 33.1. The van der Waals surface area contributed by atoms with Gasteiger partial charge in [-0.1, -0.05) is 109 Å². The van der Waals surface area contributed by atoms with Crippen molar-refractivity contribution in [2.45, 2.75) is 75.6 Å². The van der Waals surface area contributed by atoms with E-state index in [0.29, 0.717) is 38.9 Å². The summed E-state index contributed by atoms with van der Waals surface area (Å²) in [6.45, 7) is 4.68. The Hall–Kier alpha value is -5.84. The van der Waals surface area contributed by atoms with Crippen LogP contribution in [0.2, 0.25) is 0 Å². The summed E-state index contributed by atoms with van der Waals surface area (Å²) in [5, 5.41) is 10.6. The molecule has 5 heterocycles. The molecule has 296 valence electrons. The maximum Gasteiger partial charge on any atom is 0.245 e. The van der Waals surface area contributed by atoms with Crippen molar-refractivity contribution in [2.75, 3.05) is 26.2 Å². The summed E-state index contributed by atoms with van der Waals surface area (Å²) in [5.41, 5.74) is 7.49. The number of nitrogens with zero attached hydrogens (tertiary/aromatic N) is 5. The molecular formula is C48H51N7O3. The molecule has 3 saturated heterocycles. The van der Waals surface area contributed by atoms with E-state index in [-0.39, 0.29) is 23.9 Å². The van der Waals surface area contributed by atoms with Crippen LogP contribution in [0.3, 0.4) is 0 Å². The fourth-order valence-electron chi connectivity index (χ4n) is 9.09. The number of carbonyl (C=O) groups excluding carboxylic acids is 2. The highest BCUT2D eigenvalue weighted by Crippen LogP contribution is 2.38. The molecule has 0 radical (unpaired) electrons. The van der Waals surface area contributed by atoms with Crippen LogP contribution >= 0.6 is 0 Å². The van der Waals surface area contributed by atoms with Crippen molar-refractivity contribution in [1.29, 1.82) is 0 Å². The maximum atomic E-state index is 14.4. The third-order valence-corrected chi connectivity index (χ3v) is 12.4. The van der Waals surface area contributed by atoms with Crippen molar-refractivity contribution in [3.8, 4) is 33.6 Å². The molecule has 0 saturated carbocycles. The summed E-state index contributed by atoms with van der Waals surface area (Å²) in [7, 11) is 0. The number of hydrogen-bond acceptors (Lipinski definition) is 6. The summed E-state index contributed by atoms with van der Waals surface area (Å²) in [5.74, 6) is 1.90. The van der Waals surface area contributed by atoms with Gasteiger partial charge in [-0.2, -0.15) is 0 Å². The summed E-state index contributed by atoms with van der Waals surface area (Å²) >= 11 is 0. The number of imidazole rings is 2. The fourth-order valence-corrected chi connectivity index (χ4v) is 9.09. The number of piperidine rings is 1. The number of H-pyrrole nitrogens is 2. The van der Waals surface area contributed by atoms with E-state index in [4.69, 9.17) is 9.97 Å². The van der Waals surface area contributed by atoms with Crippen LogP contribution in [-0.2, 0) is 16.0 Å². The van der Waals surface area contributed by atoms with Gasteiger partial charge in [-0.25, -0.2) is 9.97 Å². The second-order valence-electron chi connectivity index (χ2n) is 16.5. The lowest BCUT2D eigenvalue weighted by molar-refractivity contribution is -0.140. The predicted octanol–water partition coefficient (Wildman–Crippen LogP) is 8.29. The molecule has 10 nitrogen and oxygen atoms in total. The van der Waals surface area contributed by atoms with E-state index in [1.165, 1.54) is 0 Å². The first-order chi connectivity index (χ1) is 28.3. The fraction of sp³-hybridized carbons (Fsp3) is 0.333. The molecule has 0 bridgehead atoms. The van der Waals surface area contributed by atoms with Gasteiger partial charge in [0.15, 0.2) is 0 Å². The van der Waals surface area contributed by atoms with Gasteiger partial charge in [0, 0.05) is 26.2 Å². The molecule has 9 rings (SSSR count). The zero-order valence-corrected chi connectivity index (χ0v) is 33.1. The van der Waals surface area contributed by atoms with Crippen molar-refractivity contribution < 1.29 is 14.7 Å². The van der Waals surface area contributed by atoms with Crippen LogP contribution in [-0.4, -0.2) is 83.3 Å². The molecule has 2 amide bonds. The normalized spacial score (nSPS) is 20.0. The largest absolute Gasteiger partial charge is 0.390 e. The molecule has 0 spiro atoms. The standard InChI is InChI=1S/C48H51N7O3/c1-48(58)24-28-53(29-25-48)44(38-12-6-3-7-13-38)47(57)55-27-9-15-42(55)46-50-32-40(52-46)37-22-18-35(19-23-37)34-16-20-36(21-17-34)39-31-49-45(51-39)41-14-8-26-54(41)43(56)30-33-10-4-2-5-11-33/h2-7,10-13,16-23,31-32,41-42,44,58H,8-9,14-15,24-30H2,1H3,(H,49,51)(H,50,52)/t41-,42-,44+/m0/s1. The quantitative estimate of drug-likeness (QED) is 0.129. The summed E-state index contributed by atoms with van der Waals surface area (Å²) < 4.78 is 0. The van der Waals surface area contributed by atoms with E-state index >= 15 is 0 Å². The number of aliphatic hydroxyl groups is 1. The van der Waals surface area contributed by atoms with Gasteiger partial charge < -0.3 is 24.9 Å². The third kappa shape index (κ3) is 7.86. The van der Waals surface area contributed by atoms with Crippen LogP contribution in [0.15, 0.2) is 122 Å². The highest BCUT2D eigenvalue weighted by Gasteiger charge is 2.41. The molecule has 0 aliphatic carbocycles. The molecular weight excluding hydrogens is 723 g/mol. The van der Waals surface area contributed by atoms with Crippen LogP contribution in [0.4, 0.5) is 0 Å². The topological polar surface area (TPSA) is 121 Å². The number of hydrogen-bond donors (Lipinski definition) is 3. The van der Waals surface area contributed by atoms with Crippen molar-refractivity contribution in [3.05, 3.63) is 144 Å². The Morgan fingerprint density at radius 1 is 0.672 bits per heavy atom. The number of likely N-dealkylation sites (tertiary alicyclic amines) is 3. The Morgan fingerprint density at radius 2 is 1.16 bits per heavy atom. The summed E-state index contributed by atoms with van der Waals surface area (Å²) in [6, 6.07) is 36.4. The number of nitrogens with one attached hydrogen (secondary N) is 2. The van der Waals surface area contributed by atoms with Crippen LogP contribution in [0.5, 0.6) is 0 Å². The molecule has 6 aromatic rings. The van der Waals surface area contributed by atoms with Crippen molar-refractivity contribution >= 4 is 11.8 Å². The van der Waals surface area contributed by atoms with Gasteiger partial charge >= 0.3 is 0 Å². The zero-order chi connectivity index (χ0) is 39.6. The smallest absolute Gasteiger partial charge is 0.245 e. The minimum absolute atomic E-state index is 0.0368. The van der Waals surface area contributed by atoms with Gasteiger partial charge in [0.05, 0.1) is 47.9 Å². The van der Waals surface area contributed by atoms with Crippen LogP contribution < -0.4 is 0 Å². The van der Waals surface area contributed by atoms with Crippen LogP contribution in [0.1, 0.15) is 86.3 Å². The number of carbonyl (C=O) groups is 2. The van der Waals surface area contributed by atoms with Crippen molar-refractivity contribution in [3.63, 3.8) is 0 Å². The lowest BCUT2D eigenvalue weighted by Crippen LogP contribution is -2.49. The molecule has 4 aromatic carbocycles. The van der Waals surface area contributed by atoms with Crippen LogP contribution in [0.25, 0.3) is 33.6 Å². The number of aromatic nitrogens is 4. The first kappa shape index (κ1) is 37.7. The molecule has 3 aliphatic heterocycles. The van der Waals surface area contributed by atoms with E-state index in [1.807, 2.05) is 89.8 Å². The highest BCUT2D eigenvalue weighted by molar-refractivity contribution is 5.84. The van der Waals surface area contributed by atoms with Gasteiger partial charge in [-0.05, 0) is 78.8 Å². The number of aromatic amines is 2. The van der Waals surface area contributed by atoms with Gasteiger partial charge in [0.1, 0.15) is 17.7 Å². The van der Waals surface area contributed by atoms with Gasteiger partial charge in [-0.3, -0.25) is 14.5 Å². The van der Waals surface area contributed by atoms with E-state index in [9.17, 15) is 14.7 Å². The van der Waals surface area contributed by atoms with Crippen LogP contribution in [0, 0.1) is 0 Å². The molecule has 3 N–H and O–H groups in total. The SMILES string of the molecule is CC1(O)CCN([C@@H](C(=O)N2CCC[C@H]2c2ncc(-c3ccc(-c4ccc(-c5cnc([C@@H]6CCCN6C(=O)Cc6ccccc6)[nH]5)cc4)cc3)[nH]2)c2ccccc2)CC1. The van der Waals surface area contributed by atoms with Crippen molar-refractivity contribution in [2.24, 2.45) is 0 Å². The molecule has 0 unspecified atom stereocenters. The van der Waals surface area contributed by atoms with Gasteiger partial charge in [0.2, 0.25) is 11.8 Å². The Morgan fingerprint density at radius 3 is 1.71 bits per heavy atom. The molecule has 58 heavy (non-hydrogen) atoms. The van der Waals surface area contributed by atoms with Gasteiger partial charge in [-0.15, -0.1) is 0 Å². The third-order valence-electron chi connectivity index (χ3n) is 12.4. The average Bonchev–Trinajstić information content (AvgIpc) is 4.10. The summed E-state index contributed by atoms with van der Waals surface area (Å²) in [4.78, 5) is 50.5. The lowest BCUT2D eigenvalue weighted by Gasteiger charge is -2.41. The average molecular weight is 774 g/mol. The molecule has 3 aliphatic rings. The Bertz CT molecular complexity index is 2330. The molecule has 3 fully saturated rings. The number of benzene rings is 4. The number of amides is 2. The van der Waals surface area contributed by atoms with Crippen molar-refractivity contribution in [1.82, 2.24) is 34.6 Å². The van der Waals surface area contributed by atoms with E-state index in [0.717, 1.165) is 88.6 Å². The molecule has 2 aromatic heterocycles. The molecule has 3 atom stereocenters. The van der Waals surface area contributed by atoms with E-state index in [2.05, 4.69) is 63.4 Å². The van der Waals surface area contributed by atoms with E-state index in [1.54, 1.807) is 0 Å². The molecule has 10 heteroatoms. The van der Waals surface area contributed by atoms with E-state index < -0.39 is 11.6 Å². The number of rotatable bonds is 10. The minimum atomic E-state index is -0.692. The Balaban J connectivity index is 0.856.